The van der Waals surface area contributed by atoms with Crippen LogP contribution in [-0.2, 0) is 0 Å². The molecular formula is C10H23N3O2. The normalized spacial score (nSPS) is 18.6. The zero-order chi connectivity index (χ0) is 10.9. The highest BCUT2D eigenvalue weighted by atomic mass is 16.3. The van der Waals surface area contributed by atoms with E-state index < -0.39 is 0 Å². The monoisotopic (exact) mass is 217 g/mol. The van der Waals surface area contributed by atoms with Crippen LogP contribution in [-0.4, -0.2) is 85.6 Å². The summed E-state index contributed by atoms with van der Waals surface area (Å²) in [5, 5.41) is 21.0. The second kappa shape index (κ2) is 8.01. The van der Waals surface area contributed by atoms with Gasteiger partial charge in [0.1, 0.15) is 0 Å². The molecular weight excluding hydrogens is 194 g/mol. The second-order valence-corrected chi connectivity index (χ2v) is 3.88. The van der Waals surface area contributed by atoms with Gasteiger partial charge in [-0.2, -0.15) is 0 Å². The molecule has 0 radical (unpaired) electrons. The van der Waals surface area contributed by atoms with Gasteiger partial charge in [0.25, 0.3) is 0 Å². The minimum atomic E-state index is 0.168. The first-order chi connectivity index (χ1) is 7.36. The molecule has 0 spiro atoms. The summed E-state index contributed by atoms with van der Waals surface area (Å²) >= 11 is 0. The van der Waals surface area contributed by atoms with Crippen molar-refractivity contribution in [2.24, 2.45) is 0 Å². The maximum absolute atomic E-state index is 8.85. The Morgan fingerprint density at radius 3 is 2.13 bits per heavy atom. The lowest BCUT2D eigenvalue weighted by atomic mass is 10.3. The minimum absolute atomic E-state index is 0.168. The molecule has 1 rings (SSSR count). The van der Waals surface area contributed by atoms with E-state index in [1.54, 1.807) is 0 Å². The summed E-state index contributed by atoms with van der Waals surface area (Å²) in [6.07, 6.45) is 0. The lowest BCUT2D eigenvalue weighted by Crippen LogP contribution is -2.46. The molecule has 5 heteroatoms. The van der Waals surface area contributed by atoms with E-state index in [0.29, 0.717) is 13.1 Å². The fraction of sp³-hybridized carbons (Fsp3) is 1.00. The van der Waals surface area contributed by atoms with Crippen LogP contribution in [0.15, 0.2) is 0 Å². The van der Waals surface area contributed by atoms with Crippen LogP contribution in [0, 0.1) is 0 Å². The Balaban J connectivity index is 2.13. The number of aliphatic hydroxyl groups excluding tert-OH is 2. The summed E-state index contributed by atoms with van der Waals surface area (Å²) in [5.74, 6) is 0. The maximum atomic E-state index is 8.85. The second-order valence-electron chi connectivity index (χ2n) is 3.88. The van der Waals surface area contributed by atoms with Gasteiger partial charge in [0.15, 0.2) is 0 Å². The van der Waals surface area contributed by atoms with E-state index in [-0.39, 0.29) is 13.2 Å². The number of nitrogens with one attached hydrogen (secondary N) is 1. The third kappa shape index (κ3) is 5.44. The summed E-state index contributed by atoms with van der Waals surface area (Å²) < 4.78 is 0. The standard InChI is InChI=1S/C10H23N3O2/c14-9-7-13(8-10-15)6-5-12-3-1-11-2-4-12/h11,14-15H,1-10H2. The largest absolute Gasteiger partial charge is 0.395 e. The van der Waals surface area contributed by atoms with Gasteiger partial charge in [-0.1, -0.05) is 0 Å². The first-order valence-corrected chi connectivity index (χ1v) is 5.74. The van der Waals surface area contributed by atoms with Crippen molar-refractivity contribution < 1.29 is 10.2 Å². The fourth-order valence-electron chi connectivity index (χ4n) is 1.84. The Morgan fingerprint density at radius 2 is 1.60 bits per heavy atom. The van der Waals surface area contributed by atoms with Gasteiger partial charge in [-0.15, -0.1) is 0 Å². The van der Waals surface area contributed by atoms with Crippen LogP contribution in [0.1, 0.15) is 0 Å². The molecule has 0 bridgehead atoms. The number of rotatable bonds is 7. The quantitative estimate of drug-likeness (QED) is 0.469. The molecule has 1 fully saturated rings. The van der Waals surface area contributed by atoms with Crippen molar-refractivity contribution in [3.8, 4) is 0 Å². The summed E-state index contributed by atoms with van der Waals surface area (Å²) in [6.45, 7) is 7.96. The summed E-state index contributed by atoms with van der Waals surface area (Å²) in [4.78, 5) is 4.51. The highest BCUT2D eigenvalue weighted by molar-refractivity contribution is 4.69. The number of aliphatic hydroxyl groups is 2. The van der Waals surface area contributed by atoms with Gasteiger partial charge in [-0.25, -0.2) is 0 Å². The van der Waals surface area contributed by atoms with Crippen LogP contribution in [0.25, 0.3) is 0 Å². The minimum Gasteiger partial charge on any atom is -0.395 e. The van der Waals surface area contributed by atoms with Crippen molar-refractivity contribution in [2.75, 3.05) is 65.6 Å². The molecule has 1 heterocycles. The van der Waals surface area contributed by atoms with Gasteiger partial charge in [-0.05, 0) is 0 Å². The van der Waals surface area contributed by atoms with E-state index in [1.807, 2.05) is 0 Å². The fourth-order valence-corrected chi connectivity index (χ4v) is 1.84. The van der Waals surface area contributed by atoms with Gasteiger partial charge in [0, 0.05) is 52.4 Å². The van der Waals surface area contributed by atoms with Crippen molar-refractivity contribution in [1.29, 1.82) is 0 Å². The topological polar surface area (TPSA) is 59.0 Å². The highest BCUT2D eigenvalue weighted by Gasteiger charge is 2.11. The van der Waals surface area contributed by atoms with E-state index in [2.05, 4.69) is 15.1 Å². The molecule has 1 saturated heterocycles. The number of nitrogens with zero attached hydrogens (tertiary/aromatic N) is 2. The SMILES string of the molecule is OCCN(CCO)CCN1CCNCC1. The predicted molar refractivity (Wildman–Crippen MR) is 59.9 cm³/mol. The molecule has 0 aromatic rings. The maximum Gasteiger partial charge on any atom is 0.0558 e. The average molecular weight is 217 g/mol. The molecule has 0 unspecified atom stereocenters. The molecule has 1 aliphatic rings. The molecule has 1 aliphatic heterocycles. The van der Waals surface area contributed by atoms with Crippen molar-refractivity contribution in [3.63, 3.8) is 0 Å². The summed E-state index contributed by atoms with van der Waals surface area (Å²) in [5.41, 5.74) is 0. The third-order valence-electron chi connectivity index (χ3n) is 2.77. The lowest BCUT2D eigenvalue weighted by molar-refractivity contribution is 0.138. The first-order valence-electron chi connectivity index (χ1n) is 5.74. The smallest absolute Gasteiger partial charge is 0.0558 e. The number of piperazine rings is 1. The van der Waals surface area contributed by atoms with Crippen LogP contribution >= 0.6 is 0 Å². The van der Waals surface area contributed by atoms with Gasteiger partial charge in [-0.3, -0.25) is 9.80 Å². The number of hydrogen-bond donors (Lipinski definition) is 3. The molecule has 0 aliphatic carbocycles. The molecule has 15 heavy (non-hydrogen) atoms. The van der Waals surface area contributed by atoms with E-state index in [0.717, 1.165) is 39.3 Å². The molecule has 0 saturated carbocycles. The summed E-state index contributed by atoms with van der Waals surface area (Å²) in [7, 11) is 0. The van der Waals surface area contributed by atoms with Gasteiger partial charge in [0.2, 0.25) is 0 Å². The van der Waals surface area contributed by atoms with Crippen LogP contribution < -0.4 is 5.32 Å². The molecule has 90 valence electrons. The molecule has 5 nitrogen and oxygen atoms in total. The van der Waals surface area contributed by atoms with E-state index in [9.17, 15) is 0 Å². The van der Waals surface area contributed by atoms with Crippen LogP contribution in [0.3, 0.4) is 0 Å². The predicted octanol–water partition coefficient (Wildman–Crippen LogP) is -1.82. The zero-order valence-corrected chi connectivity index (χ0v) is 9.36. The lowest BCUT2D eigenvalue weighted by Gasteiger charge is -2.29. The molecule has 0 amide bonds. The van der Waals surface area contributed by atoms with Gasteiger partial charge < -0.3 is 15.5 Å². The van der Waals surface area contributed by atoms with Crippen molar-refractivity contribution >= 4 is 0 Å². The molecule has 3 N–H and O–H groups in total. The van der Waals surface area contributed by atoms with Crippen LogP contribution in [0.4, 0.5) is 0 Å². The van der Waals surface area contributed by atoms with Crippen LogP contribution in [0.5, 0.6) is 0 Å². The Bertz CT molecular complexity index is 146. The van der Waals surface area contributed by atoms with Crippen molar-refractivity contribution in [3.05, 3.63) is 0 Å². The summed E-state index contributed by atoms with van der Waals surface area (Å²) in [6, 6.07) is 0. The molecule has 0 aromatic heterocycles. The number of hydrogen-bond acceptors (Lipinski definition) is 5. The van der Waals surface area contributed by atoms with Gasteiger partial charge in [0.05, 0.1) is 13.2 Å². The molecule has 0 atom stereocenters. The first kappa shape index (κ1) is 12.9. The zero-order valence-electron chi connectivity index (χ0n) is 9.36. The molecule has 0 aromatic carbocycles. The Labute approximate surface area is 91.7 Å². The van der Waals surface area contributed by atoms with E-state index in [4.69, 9.17) is 10.2 Å². The van der Waals surface area contributed by atoms with Crippen molar-refractivity contribution in [1.82, 2.24) is 15.1 Å². The highest BCUT2D eigenvalue weighted by Crippen LogP contribution is 1.94. The van der Waals surface area contributed by atoms with E-state index in [1.165, 1.54) is 0 Å². The Kier molecular flexibility index (Phi) is 6.87. The average Bonchev–Trinajstić information content (AvgIpc) is 2.28. The third-order valence-corrected chi connectivity index (χ3v) is 2.77. The van der Waals surface area contributed by atoms with Crippen LogP contribution in [0.2, 0.25) is 0 Å². The van der Waals surface area contributed by atoms with E-state index >= 15 is 0 Å². The van der Waals surface area contributed by atoms with Gasteiger partial charge >= 0.3 is 0 Å². The Morgan fingerprint density at radius 1 is 1.00 bits per heavy atom. The van der Waals surface area contributed by atoms with Crippen molar-refractivity contribution in [2.45, 2.75) is 0 Å². The Hall–Kier alpha value is -0.200.